The molecule has 2 N–H and O–H groups in total. The topological polar surface area (TPSA) is 88.5 Å². The fourth-order valence-electron chi connectivity index (χ4n) is 1.70. The number of carboxylic acids is 1. The van der Waals surface area contributed by atoms with Crippen LogP contribution in [0.5, 0.6) is 5.75 Å². The molecule has 0 bridgehead atoms. The highest BCUT2D eigenvalue weighted by Gasteiger charge is 2.09. The molecule has 0 aliphatic heterocycles. The normalized spacial score (nSPS) is 10.3. The van der Waals surface area contributed by atoms with Crippen molar-refractivity contribution in [2.24, 2.45) is 0 Å². The Bertz CT molecular complexity index is 670. The number of nitrogens with one attached hydrogen (secondary N) is 1. The minimum absolute atomic E-state index is 0.0476. The average Bonchev–Trinajstić information content (AvgIpc) is 3.02. The zero-order chi connectivity index (χ0) is 16.7. The third-order valence-corrected chi connectivity index (χ3v) is 4.78. The highest BCUT2D eigenvalue weighted by atomic mass is 32.2. The molecule has 8 heteroatoms. The lowest BCUT2D eigenvalue weighted by Gasteiger charge is -2.05. The number of hydrogen-bond acceptors (Lipinski definition) is 6. The Hall–Kier alpha value is -2.06. The van der Waals surface area contributed by atoms with Crippen LogP contribution in [0.15, 0.2) is 34.5 Å². The molecule has 1 aromatic carbocycles. The molecule has 122 valence electrons. The summed E-state index contributed by atoms with van der Waals surface area (Å²) < 4.78 is 5.08. The van der Waals surface area contributed by atoms with Gasteiger partial charge in [-0.25, -0.2) is 9.78 Å². The summed E-state index contributed by atoms with van der Waals surface area (Å²) in [5, 5.41) is 13.8. The summed E-state index contributed by atoms with van der Waals surface area (Å²) in [7, 11) is 1.61. The van der Waals surface area contributed by atoms with Crippen molar-refractivity contribution in [3.63, 3.8) is 0 Å². The first-order valence-electron chi connectivity index (χ1n) is 6.79. The minimum Gasteiger partial charge on any atom is -0.497 e. The van der Waals surface area contributed by atoms with Crippen molar-refractivity contribution in [2.75, 3.05) is 19.4 Å². The van der Waals surface area contributed by atoms with E-state index in [0.717, 1.165) is 10.6 Å². The Morgan fingerprint density at radius 3 is 2.70 bits per heavy atom. The quantitative estimate of drug-likeness (QED) is 0.709. The summed E-state index contributed by atoms with van der Waals surface area (Å²) in [4.78, 5) is 27.5. The molecule has 0 fully saturated rings. The number of thiazole rings is 1. The smallest absolute Gasteiger partial charge is 0.355 e. The first-order valence-corrected chi connectivity index (χ1v) is 8.66. The SMILES string of the molecule is COc1ccc(SCC(=O)NCCc2nc(C(=O)O)cs2)cc1. The van der Waals surface area contributed by atoms with Gasteiger partial charge in [-0.05, 0) is 24.3 Å². The second-order valence-corrected chi connectivity index (χ2v) is 6.49. The lowest BCUT2D eigenvalue weighted by Crippen LogP contribution is -2.27. The van der Waals surface area contributed by atoms with Crippen molar-refractivity contribution < 1.29 is 19.4 Å². The maximum atomic E-state index is 11.8. The first-order chi connectivity index (χ1) is 11.1. The molecule has 6 nitrogen and oxygen atoms in total. The van der Waals surface area contributed by atoms with Gasteiger partial charge < -0.3 is 15.2 Å². The third kappa shape index (κ3) is 5.57. The van der Waals surface area contributed by atoms with E-state index in [-0.39, 0.29) is 11.6 Å². The number of nitrogens with zero attached hydrogens (tertiary/aromatic N) is 1. The minimum atomic E-state index is -1.03. The number of thioether (sulfide) groups is 1. The summed E-state index contributed by atoms with van der Waals surface area (Å²) in [5.74, 6) is 0.00106. The Kier molecular flexibility index (Phi) is 6.42. The Morgan fingerprint density at radius 1 is 1.35 bits per heavy atom. The number of aromatic carboxylic acids is 1. The molecule has 0 aliphatic carbocycles. The molecule has 1 heterocycles. The van der Waals surface area contributed by atoms with Crippen LogP contribution in [-0.2, 0) is 11.2 Å². The van der Waals surface area contributed by atoms with Crippen LogP contribution in [0.25, 0.3) is 0 Å². The van der Waals surface area contributed by atoms with E-state index in [1.54, 1.807) is 7.11 Å². The van der Waals surface area contributed by atoms with Gasteiger partial charge in [-0.3, -0.25) is 4.79 Å². The van der Waals surface area contributed by atoms with Gasteiger partial charge in [0.1, 0.15) is 5.75 Å². The van der Waals surface area contributed by atoms with Crippen LogP contribution in [-0.4, -0.2) is 41.4 Å². The molecule has 2 aromatic rings. The molecular formula is C15H16N2O4S2. The Balaban J connectivity index is 1.69. The number of ether oxygens (including phenoxy) is 1. The van der Waals surface area contributed by atoms with Gasteiger partial charge in [0.25, 0.3) is 0 Å². The summed E-state index contributed by atoms with van der Waals surface area (Å²) in [6.45, 7) is 0.439. The predicted molar refractivity (Wildman–Crippen MR) is 89.5 cm³/mol. The van der Waals surface area contributed by atoms with E-state index in [4.69, 9.17) is 9.84 Å². The van der Waals surface area contributed by atoms with Gasteiger partial charge in [-0.15, -0.1) is 23.1 Å². The van der Waals surface area contributed by atoms with Crippen molar-refractivity contribution in [3.8, 4) is 5.75 Å². The molecule has 0 aliphatic rings. The van der Waals surface area contributed by atoms with E-state index in [2.05, 4.69) is 10.3 Å². The fraction of sp³-hybridized carbons (Fsp3) is 0.267. The third-order valence-electron chi connectivity index (χ3n) is 2.86. The van der Waals surface area contributed by atoms with E-state index < -0.39 is 5.97 Å². The number of rotatable bonds is 8. The molecule has 23 heavy (non-hydrogen) atoms. The molecule has 0 unspecified atom stereocenters. The van der Waals surface area contributed by atoms with Crippen LogP contribution in [0.4, 0.5) is 0 Å². The van der Waals surface area contributed by atoms with Crippen molar-refractivity contribution >= 4 is 35.0 Å². The zero-order valence-corrected chi connectivity index (χ0v) is 14.1. The standard InChI is InChI=1S/C15H16N2O4S2/c1-21-10-2-4-11(5-3-10)22-9-13(18)16-7-6-14-17-12(8-23-14)15(19)20/h2-5,8H,6-7,9H2,1H3,(H,16,18)(H,19,20). The lowest BCUT2D eigenvalue weighted by molar-refractivity contribution is -0.118. The van der Waals surface area contributed by atoms with Crippen molar-refractivity contribution in [3.05, 3.63) is 40.3 Å². The monoisotopic (exact) mass is 352 g/mol. The second-order valence-electron chi connectivity index (χ2n) is 4.50. The molecule has 0 saturated heterocycles. The first kappa shape index (κ1) is 17.3. The summed E-state index contributed by atoms with van der Waals surface area (Å²) >= 11 is 2.73. The van der Waals surface area contributed by atoms with Crippen LogP contribution >= 0.6 is 23.1 Å². The number of carbonyl (C=O) groups excluding carboxylic acids is 1. The van der Waals surface area contributed by atoms with Crippen LogP contribution in [0.3, 0.4) is 0 Å². The Morgan fingerprint density at radius 2 is 2.09 bits per heavy atom. The number of carboxylic acid groups (broad SMARTS) is 1. The Labute approximate surface area is 141 Å². The zero-order valence-electron chi connectivity index (χ0n) is 12.4. The van der Waals surface area contributed by atoms with Gasteiger partial charge >= 0.3 is 5.97 Å². The molecule has 2 rings (SSSR count). The van der Waals surface area contributed by atoms with E-state index in [0.29, 0.717) is 23.7 Å². The summed E-state index contributed by atoms with van der Waals surface area (Å²) in [6.07, 6.45) is 0.525. The van der Waals surface area contributed by atoms with Gasteiger partial charge in [0.2, 0.25) is 5.91 Å². The maximum Gasteiger partial charge on any atom is 0.355 e. The number of aromatic nitrogens is 1. The van der Waals surface area contributed by atoms with Crippen molar-refractivity contribution in [1.29, 1.82) is 0 Å². The van der Waals surface area contributed by atoms with Gasteiger partial charge in [-0.2, -0.15) is 0 Å². The summed E-state index contributed by atoms with van der Waals surface area (Å²) in [5.41, 5.74) is 0.0476. The number of methoxy groups -OCH3 is 1. The number of carbonyl (C=O) groups is 2. The lowest BCUT2D eigenvalue weighted by atomic mass is 10.3. The van der Waals surface area contributed by atoms with E-state index >= 15 is 0 Å². The van der Waals surface area contributed by atoms with Crippen LogP contribution in [0.2, 0.25) is 0 Å². The van der Waals surface area contributed by atoms with Crippen LogP contribution in [0.1, 0.15) is 15.5 Å². The molecule has 1 amide bonds. The highest BCUT2D eigenvalue weighted by molar-refractivity contribution is 8.00. The van der Waals surface area contributed by atoms with Gasteiger partial charge in [-0.1, -0.05) is 0 Å². The molecular weight excluding hydrogens is 336 g/mol. The second kappa shape index (κ2) is 8.54. The van der Waals surface area contributed by atoms with Crippen LogP contribution < -0.4 is 10.1 Å². The van der Waals surface area contributed by atoms with Crippen molar-refractivity contribution in [2.45, 2.75) is 11.3 Å². The van der Waals surface area contributed by atoms with Gasteiger partial charge in [0.15, 0.2) is 5.69 Å². The number of hydrogen-bond donors (Lipinski definition) is 2. The molecule has 1 aromatic heterocycles. The largest absolute Gasteiger partial charge is 0.497 e. The van der Waals surface area contributed by atoms with Gasteiger partial charge in [0.05, 0.1) is 17.9 Å². The fourth-order valence-corrected chi connectivity index (χ4v) is 3.21. The molecule has 0 saturated carbocycles. The number of amides is 1. The number of benzene rings is 1. The highest BCUT2D eigenvalue weighted by Crippen LogP contribution is 2.20. The average molecular weight is 352 g/mol. The van der Waals surface area contributed by atoms with Gasteiger partial charge in [0, 0.05) is 23.2 Å². The molecule has 0 spiro atoms. The van der Waals surface area contributed by atoms with E-state index in [9.17, 15) is 9.59 Å². The molecule has 0 atom stereocenters. The van der Waals surface area contributed by atoms with E-state index in [1.165, 1.54) is 28.5 Å². The maximum absolute atomic E-state index is 11.8. The van der Waals surface area contributed by atoms with Crippen molar-refractivity contribution in [1.82, 2.24) is 10.3 Å². The molecule has 0 radical (unpaired) electrons. The van der Waals surface area contributed by atoms with Crippen LogP contribution in [0, 0.1) is 0 Å². The predicted octanol–water partition coefficient (Wildman–Crippen LogP) is 2.30. The summed E-state index contributed by atoms with van der Waals surface area (Å²) in [6, 6.07) is 7.50. The van der Waals surface area contributed by atoms with E-state index in [1.807, 2.05) is 24.3 Å².